The summed E-state index contributed by atoms with van der Waals surface area (Å²) in [5, 5.41) is 12.7. The first-order valence-electron chi connectivity index (χ1n) is 5.22. The number of hydrogen-bond donors (Lipinski definition) is 2. The van der Waals surface area contributed by atoms with Gasteiger partial charge in [0.05, 0.1) is 5.75 Å². The van der Waals surface area contributed by atoms with Gasteiger partial charge in [-0.2, -0.15) is 15.4 Å². The van der Waals surface area contributed by atoms with Gasteiger partial charge in [-0.1, -0.05) is 0 Å². The van der Waals surface area contributed by atoms with Crippen molar-refractivity contribution < 1.29 is 13.2 Å². The van der Waals surface area contributed by atoms with E-state index in [0.717, 1.165) is 6.26 Å². The van der Waals surface area contributed by atoms with Gasteiger partial charge < -0.3 is 5.32 Å². The number of H-pyrrole nitrogens is 1. The molecule has 0 saturated heterocycles. The van der Waals surface area contributed by atoms with Gasteiger partial charge in [0.15, 0.2) is 0 Å². The van der Waals surface area contributed by atoms with Crippen LogP contribution in [0.5, 0.6) is 0 Å². The fourth-order valence-corrected chi connectivity index (χ4v) is 1.91. The molecule has 8 heteroatoms. The van der Waals surface area contributed by atoms with Crippen molar-refractivity contribution >= 4 is 26.8 Å². The first-order chi connectivity index (χ1) is 8.46. The normalized spacial score (nSPS) is 11.6. The van der Waals surface area contributed by atoms with Crippen molar-refractivity contribution in [1.29, 1.82) is 0 Å². The molecule has 0 fully saturated rings. The molecule has 7 nitrogen and oxygen atoms in total. The monoisotopic (exact) mass is 268 g/mol. The number of rotatable bonds is 4. The zero-order chi connectivity index (χ0) is 13.2. The molecule has 1 aromatic carbocycles. The maximum absolute atomic E-state index is 11.7. The molecule has 0 spiro atoms. The van der Waals surface area contributed by atoms with Gasteiger partial charge in [0, 0.05) is 18.4 Å². The molecule has 2 N–H and O–H groups in total. The Bertz CT molecular complexity index is 677. The number of carbonyl (C=O) groups is 1. The van der Waals surface area contributed by atoms with Gasteiger partial charge in [0.1, 0.15) is 20.9 Å². The summed E-state index contributed by atoms with van der Waals surface area (Å²) in [4.78, 5) is 11.7. The van der Waals surface area contributed by atoms with Crippen molar-refractivity contribution in [2.24, 2.45) is 0 Å². The number of fused-ring (bicyclic) bond motifs is 1. The van der Waals surface area contributed by atoms with Gasteiger partial charge >= 0.3 is 0 Å². The van der Waals surface area contributed by atoms with E-state index in [1.807, 2.05) is 0 Å². The third kappa shape index (κ3) is 3.04. The van der Waals surface area contributed by atoms with Crippen molar-refractivity contribution in [1.82, 2.24) is 20.7 Å². The summed E-state index contributed by atoms with van der Waals surface area (Å²) in [6, 6.07) is 4.87. The molecule has 0 aliphatic heterocycles. The molecule has 0 unspecified atom stereocenters. The Morgan fingerprint density at radius 2 is 2.06 bits per heavy atom. The highest BCUT2D eigenvalue weighted by Crippen LogP contribution is 2.10. The van der Waals surface area contributed by atoms with Gasteiger partial charge in [-0.15, -0.1) is 0 Å². The molecule has 2 rings (SSSR count). The van der Waals surface area contributed by atoms with E-state index in [9.17, 15) is 13.2 Å². The second kappa shape index (κ2) is 4.73. The Morgan fingerprint density at radius 1 is 1.33 bits per heavy atom. The molecular formula is C10H12N4O3S. The van der Waals surface area contributed by atoms with Crippen molar-refractivity contribution in [3.05, 3.63) is 23.8 Å². The fraction of sp³-hybridized carbons (Fsp3) is 0.300. The molecule has 96 valence electrons. The Balaban J connectivity index is 2.04. The molecule has 1 heterocycles. The molecule has 2 aromatic rings. The summed E-state index contributed by atoms with van der Waals surface area (Å²) in [6.45, 7) is 0.0918. The molecule has 18 heavy (non-hydrogen) atoms. The number of aromatic amines is 1. The first-order valence-corrected chi connectivity index (χ1v) is 7.28. The number of benzene rings is 1. The maximum Gasteiger partial charge on any atom is 0.251 e. The molecular weight excluding hydrogens is 256 g/mol. The van der Waals surface area contributed by atoms with Crippen LogP contribution in [0.4, 0.5) is 0 Å². The van der Waals surface area contributed by atoms with E-state index in [-0.39, 0.29) is 18.2 Å². The SMILES string of the molecule is CS(=O)(=O)CCNC(=O)c1ccc2n[nH]nc2c1. The highest BCUT2D eigenvalue weighted by atomic mass is 32.2. The van der Waals surface area contributed by atoms with Crippen molar-refractivity contribution in [3.8, 4) is 0 Å². The van der Waals surface area contributed by atoms with Gasteiger partial charge in [-0.05, 0) is 18.2 Å². The molecule has 0 aliphatic carbocycles. The van der Waals surface area contributed by atoms with E-state index in [0.29, 0.717) is 16.6 Å². The van der Waals surface area contributed by atoms with E-state index in [2.05, 4.69) is 20.7 Å². The van der Waals surface area contributed by atoms with Crippen molar-refractivity contribution in [2.75, 3.05) is 18.6 Å². The van der Waals surface area contributed by atoms with E-state index in [4.69, 9.17) is 0 Å². The Kier molecular flexibility index (Phi) is 3.28. The summed E-state index contributed by atoms with van der Waals surface area (Å²) in [5.74, 6) is -0.408. The van der Waals surface area contributed by atoms with E-state index in [1.54, 1.807) is 18.2 Å². The first kappa shape index (κ1) is 12.5. The van der Waals surface area contributed by atoms with Crippen LogP contribution >= 0.6 is 0 Å². The van der Waals surface area contributed by atoms with Crippen LogP contribution in [-0.4, -0.2) is 48.3 Å². The third-order valence-electron chi connectivity index (χ3n) is 2.34. The zero-order valence-electron chi connectivity index (χ0n) is 9.67. The summed E-state index contributed by atoms with van der Waals surface area (Å²) >= 11 is 0. The number of nitrogens with zero attached hydrogens (tertiary/aromatic N) is 2. The van der Waals surface area contributed by atoms with Crippen LogP contribution in [0.25, 0.3) is 11.0 Å². The number of hydrogen-bond acceptors (Lipinski definition) is 5. The van der Waals surface area contributed by atoms with Crippen LogP contribution in [-0.2, 0) is 9.84 Å². The quantitative estimate of drug-likeness (QED) is 0.794. The average molecular weight is 268 g/mol. The van der Waals surface area contributed by atoms with E-state index < -0.39 is 9.84 Å². The second-order valence-corrected chi connectivity index (χ2v) is 6.17. The topological polar surface area (TPSA) is 105 Å². The molecule has 0 radical (unpaired) electrons. The summed E-state index contributed by atoms with van der Waals surface area (Å²) in [6.07, 6.45) is 1.13. The Hall–Kier alpha value is -1.96. The number of nitrogens with one attached hydrogen (secondary N) is 2. The number of aromatic nitrogens is 3. The van der Waals surface area contributed by atoms with Gasteiger partial charge in [-0.25, -0.2) is 8.42 Å². The smallest absolute Gasteiger partial charge is 0.251 e. The van der Waals surface area contributed by atoms with E-state index >= 15 is 0 Å². The maximum atomic E-state index is 11.7. The lowest BCUT2D eigenvalue weighted by Gasteiger charge is -2.03. The fourth-order valence-electron chi connectivity index (χ4n) is 1.43. The van der Waals surface area contributed by atoms with Gasteiger partial charge in [0.25, 0.3) is 5.91 Å². The minimum Gasteiger partial charge on any atom is -0.351 e. The van der Waals surface area contributed by atoms with E-state index in [1.165, 1.54) is 0 Å². The third-order valence-corrected chi connectivity index (χ3v) is 3.28. The van der Waals surface area contributed by atoms with Crippen LogP contribution in [0.3, 0.4) is 0 Å². The molecule has 1 aromatic heterocycles. The lowest BCUT2D eigenvalue weighted by molar-refractivity contribution is 0.0956. The summed E-state index contributed by atoms with van der Waals surface area (Å²) in [7, 11) is -3.07. The van der Waals surface area contributed by atoms with Crippen LogP contribution in [0.15, 0.2) is 18.2 Å². The molecule has 0 saturated carbocycles. The summed E-state index contributed by atoms with van der Waals surface area (Å²) in [5.41, 5.74) is 1.68. The van der Waals surface area contributed by atoms with Crippen molar-refractivity contribution in [2.45, 2.75) is 0 Å². The second-order valence-electron chi connectivity index (χ2n) is 3.91. The molecule has 0 bridgehead atoms. The Morgan fingerprint density at radius 3 is 2.78 bits per heavy atom. The highest BCUT2D eigenvalue weighted by Gasteiger charge is 2.09. The lowest BCUT2D eigenvalue weighted by Crippen LogP contribution is -2.28. The minimum atomic E-state index is -3.07. The minimum absolute atomic E-state index is 0.0784. The largest absolute Gasteiger partial charge is 0.351 e. The van der Waals surface area contributed by atoms with Crippen LogP contribution in [0.2, 0.25) is 0 Å². The van der Waals surface area contributed by atoms with Gasteiger partial charge in [0.2, 0.25) is 0 Å². The van der Waals surface area contributed by atoms with Crippen LogP contribution in [0.1, 0.15) is 10.4 Å². The predicted molar refractivity (Wildman–Crippen MR) is 65.9 cm³/mol. The van der Waals surface area contributed by atoms with Crippen molar-refractivity contribution in [3.63, 3.8) is 0 Å². The average Bonchev–Trinajstić information content (AvgIpc) is 2.73. The Labute approximate surface area is 103 Å². The standard InChI is InChI=1S/C10H12N4O3S/c1-18(16,17)5-4-11-10(15)7-2-3-8-9(6-7)13-14-12-8/h2-3,6H,4-5H2,1H3,(H,11,15)(H,12,13,14). The zero-order valence-corrected chi connectivity index (χ0v) is 10.5. The summed E-state index contributed by atoms with van der Waals surface area (Å²) < 4.78 is 21.8. The number of sulfone groups is 1. The van der Waals surface area contributed by atoms with Crippen LogP contribution < -0.4 is 5.32 Å². The highest BCUT2D eigenvalue weighted by molar-refractivity contribution is 7.90. The van der Waals surface area contributed by atoms with Crippen LogP contribution in [0, 0.1) is 0 Å². The lowest BCUT2D eigenvalue weighted by atomic mass is 10.2. The molecule has 0 aliphatic rings. The number of amides is 1. The van der Waals surface area contributed by atoms with Gasteiger partial charge in [-0.3, -0.25) is 4.79 Å². The number of carbonyl (C=O) groups excluding carboxylic acids is 1. The molecule has 0 atom stereocenters. The molecule has 1 amide bonds. The predicted octanol–water partition coefficient (Wildman–Crippen LogP) is -0.268.